The predicted octanol–water partition coefficient (Wildman–Crippen LogP) is 5.17. The zero-order valence-corrected chi connectivity index (χ0v) is 15.8. The monoisotopic (exact) mass is 417 g/mol. The molecule has 3 amide bonds. The average molecular weight is 417 g/mol. The molecule has 3 N–H and O–H groups in total. The highest BCUT2D eigenvalue weighted by molar-refractivity contribution is 5.92. The first-order chi connectivity index (χ1) is 14.2. The van der Waals surface area contributed by atoms with Crippen molar-refractivity contribution >= 4 is 23.3 Å². The summed E-state index contributed by atoms with van der Waals surface area (Å²) in [5, 5.41) is 7.15. The summed E-state index contributed by atoms with van der Waals surface area (Å²) >= 11 is 0. The molecule has 0 fully saturated rings. The maximum atomic E-state index is 13.5. The van der Waals surface area contributed by atoms with Gasteiger partial charge < -0.3 is 20.4 Å². The number of anilines is 2. The molecule has 0 aliphatic carbocycles. The number of alkyl halides is 3. The summed E-state index contributed by atoms with van der Waals surface area (Å²) in [5.41, 5.74) is -0.864. The molecule has 2 aromatic carbocycles. The Balaban J connectivity index is 1.84. The fraction of sp³-hybridized carbons (Fsp3) is 0.143. The molecule has 1 heterocycles. The number of carbonyl (C=O) groups is 2. The number of halogens is 3. The molecule has 9 heteroatoms. The van der Waals surface area contributed by atoms with Gasteiger partial charge in [-0.15, -0.1) is 0 Å². The predicted molar refractivity (Wildman–Crippen MR) is 105 cm³/mol. The van der Waals surface area contributed by atoms with Gasteiger partial charge in [0.05, 0.1) is 17.5 Å². The number of furan rings is 1. The number of urea groups is 1. The van der Waals surface area contributed by atoms with Crippen LogP contribution in [0.15, 0.2) is 71.3 Å². The highest BCUT2D eigenvalue weighted by Gasteiger charge is 2.34. The Hall–Kier alpha value is -3.75. The van der Waals surface area contributed by atoms with E-state index in [1.54, 1.807) is 42.5 Å². The number of carbonyl (C=O) groups excluding carboxylic acids is 2. The first-order valence-electron chi connectivity index (χ1n) is 8.89. The highest BCUT2D eigenvalue weighted by Crippen LogP contribution is 2.36. The van der Waals surface area contributed by atoms with Crippen LogP contribution in [0.5, 0.6) is 0 Å². The van der Waals surface area contributed by atoms with Crippen LogP contribution in [0, 0.1) is 0 Å². The fourth-order valence-electron chi connectivity index (χ4n) is 2.88. The van der Waals surface area contributed by atoms with Crippen molar-refractivity contribution in [3.05, 3.63) is 83.8 Å². The smallest absolute Gasteiger partial charge is 0.418 e. The van der Waals surface area contributed by atoms with Crippen molar-refractivity contribution < 1.29 is 27.2 Å². The van der Waals surface area contributed by atoms with Gasteiger partial charge in [0.2, 0.25) is 5.91 Å². The lowest BCUT2D eigenvalue weighted by Crippen LogP contribution is -2.33. The zero-order valence-electron chi connectivity index (χ0n) is 15.8. The van der Waals surface area contributed by atoms with Crippen LogP contribution in [0.2, 0.25) is 0 Å². The van der Waals surface area contributed by atoms with E-state index in [1.165, 1.54) is 19.3 Å². The van der Waals surface area contributed by atoms with Gasteiger partial charge in [0, 0.05) is 12.6 Å². The molecule has 0 aliphatic heterocycles. The van der Waals surface area contributed by atoms with Crippen LogP contribution in [0.1, 0.15) is 29.9 Å². The van der Waals surface area contributed by atoms with Crippen LogP contribution < -0.4 is 16.0 Å². The van der Waals surface area contributed by atoms with E-state index in [9.17, 15) is 22.8 Å². The Morgan fingerprint density at radius 2 is 1.70 bits per heavy atom. The Bertz CT molecular complexity index is 1020. The minimum Gasteiger partial charge on any atom is -0.467 e. The van der Waals surface area contributed by atoms with Crippen molar-refractivity contribution in [3.63, 3.8) is 0 Å². The summed E-state index contributed by atoms with van der Waals surface area (Å²) in [6.45, 7) is 1.19. The molecule has 3 rings (SSSR count). The third-order valence-electron chi connectivity index (χ3n) is 4.13. The molecule has 0 saturated heterocycles. The molecule has 1 aromatic heterocycles. The van der Waals surface area contributed by atoms with E-state index in [2.05, 4.69) is 16.0 Å². The van der Waals surface area contributed by atoms with Gasteiger partial charge >= 0.3 is 12.2 Å². The molecule has 6 nitrogen and oxygen atoms in total. The summed E-state index contributed by atoms with van der Waals surface area (Å²) < 4.78 is 45.8. The van der Waals surface area contributed by atoms with Crippen LogP contribution in [0.3, 0.4) is 0 Å². The van der Waals surface area contributed by atoms with E-state index in [0.717, 1.165) is 12.1 Å². The Morgan fingerprint density at radius 1 is 0.967 bits per heavy atom. The number of benzene rings is 2. The van der Waals surface area contributed by atoms with Crippen LogP contribution in [0.25, 0.3) is 0 Å². The zero-order chi connectivity index (χ0) is 21.7. The maximum absolute atomic E-state index is 13.5. The number of rotatable bonds is 5. The quantitative estimate of drug-likeness (QED) is 0.536. The molecule has 0 radical (unpaired) electrons. The van der Waals surface area contributed by atoms with Gasteiger partial charge in [0.15, 0.2) is 0 Å². The second kappa shape index (κ2) is 8.73. The Labute approximate surface area is 170 Å². The van der Waals surface area contributed by atoms with E-state index >= 15 is 0 Å². The molecule has 0 bridgehead atoms. The Morgan fingerprint density at radius 3 is 2.30 bits per heavy atom. The number of hydrogen-bond acceptors (Lipinski definition) is 3. The van der Waals surface area contributed by atoms with Gasteiger partial charge in [-0.05, 0) is 35.9 Å². The topological polar surface area (TPSA) is 83.4 Å². The van der Waals surface area contributed by atoms with Gasteiger partial charge in [-0.3, -0.25) is 4.79 Å². The lowest BCUT2D eigenvalue weighted by atomic mass is 10.0. The minimum atomic E-state index is -4.74. The van der Waals surface area contributed by atoms with E-state index in [-0.39, 0.29) is 5.69 Å². The average Bonchev–Trinajstić information content (AvgIpc) is 3.21. The molecule has 1 atom stereocenters. The number of amides is 3. The summed E-state index contributed by atoms with van der Waals surface area (Å²) in [7, 11) is 0. The molecule has 0 aliphatic rings. The fourth-order valence-corrected chi connectivity index (χ4v) is 2.88. The van der Waals surface area contributed by atoms with Gasteiger partial charge in [0.1, 0.15) is 11.8 Å². The molecule has 1 unspecified atom stereocenters. The molecular formula is C21H18F3N3O3. The SMILES string of the molecule is CC(=O)Nc1ccc(NC(=O)NC(c2ccccc2)c2ccco2)c(C(F)(F)F)c1. The third kappa shape index (κ3) is 5.19. The van der Waals surface area contributed by atoms with E-state index in [4.69, 9.17) is 4.42 Å². The molecule has 0 saturated carbocycles. The van der Waals surface area contributed by atoms with Crippen LogP contribution in [0.4, 0.5) is 29.3 Å². The summed E-state index contributed by atoms with van der Waals surface area (Å²) in [4.78, 5) is 23.7. The molecule has 156 valence electrons. The van der Waals surface area contributed by atoms with Crippen LogP contribution >= 0.6 is 0 Å². The number of hydrogen-bond donors (Lipinski definition) is 3. The van der Waals surface area contributed by atoms with E-state index in [0.29, 0.717) is 11.3 Å². The van der Waals surface area contributed by atoms with E-state index in [1.807, 2.05) is 0 Å². The first-order valence-corrected chi connectivity index (χ1v) is 8.89. The summed E-state index contributed by atoms with van der Waals surface area (Å²) in [6.07, 6.45) is -3.30. The lowest BCUT2D eigenvalue weighted by molar-refractivity contribution is -0.137. The molecular weight excluding hydrogens is 399 g/mol. The van der Waals surface area contributed by atoms with Crippen molar-refractivity contribution in [3.8, 4) is 0 Å². The van der Waals surface area contributed by atoms with Crippen molar-refractivity contribution in [2.45, 2.75) is 19.1 Å². The number of nitrogens with one attached hydrogen (secondary N) is 3. The third-order valence-corrected chi connectivity index (χ3v) is 4.13. The standard InChI is InChI=1S/C21H18F3N3O3/c1-13(28)25-15-9-10-17(16(12-15)21(22,23)24)26-20(29)27-19(18-8-5-11-30-18)14-6-3-2-4-7-14/h2-12,19H,1H3,(H,25,28)(H2,26,27,29). The summed E-state index contributed by atoms with van der Waals surface area (Å²) in [6, 6.07) is 13.7. The second-order valence-corrected chi connectivity index (χ2v) is 6.40. The van der Waals surface area contributed by atoms with Gasteiger partial charge in [-0.1, -0.05) is 30.3 Å². The normalized spacial score (nSPS) is 12.1. The van der Waals surface area contributed by atoms with Crippen LogP contribution in [-0.2, 0) is 11.0 Å². The second-order valence-electron chi connectivity index (χ2n) is 6.40. The molecule has 0 spiro atoms. The van der Waals surface area contributed by atoms with Gasteiger partial charge in [-0.2, -0.15) is 13.2 Å². The highest BCUT2D eigenvalue weighted by atomic mass is 19.4. The molecule has 3 aromatic rings. The van der Waals surface area contributed by atoms with Crippen molar-refractivity contribution in [2.75, 3.05) is 10.6 Å². The van der Waals surface area contributed by atoms with Gasteiger partial charge in [0.25, 0.3) is 0 Å². The minimum absolute atomic E-state index is 0.0291. The van der Waals surface area contributed by atoms with E-state index < -0.39 is 35.4 Å². The largest absolute Gasteiger partial charge is 0.467 e. The van der Waals surface area contributed by atoms with Crippen LogP contribution in [-0.4, -0.2) is 11.9 Å². The first kappa shape index (κ1) is 21.0. The Kier molecular flexibility index (Phi) is 6.10. The maximum Gasteiger partial charge on any atom is 0.418 e. The van der Waals surface area contributed by atoms with Crippen molar-refractivity contribution in [2.24, 2.45) is 0 Å². The van der Waals surface area contributed by atoms with Crippen molar-refractivity contribution in [1.29, 1.82) is 0 Å². The molecule has 30 heavy (non-hydrogen) atoms. The van der Waals surface area contributed by atoms with Crippen molar-refractivity contribution in [1.82, 2.24) is 5.32 Å². The van der Waals surface area contributed by atoms with Gasteiger partial charge in [-0.25, -0.2) is 4.79 Å². The summed E-state index contributed by atoms with van der Waals surface area (Å²) in [5.74, 6) is -0.0841. The lowest BCUT2D eigenvalue weighted by Gasteiger charge is -2.19.